The van der Waals surface area contributed by atoms with Gasteiger partial charge < -0.3 is 20.8 Å². The highest BCUT2D eigenvalue weighted by Gasteiger charge is 2.25. The molecule has 1 amide bonds. The molecule has 1 aromatic carbocycles. The van der Waals surface area contributed by atoms with Crippen LogP contribution < -0.4 is 10.6 Å². The summed E-state index contributed by atoms with van der Waals surface area (Å²) in [5.41, 5.74) is 2.63. The largest absolute Gasteiger partial charge is 0.394 e. The van der Waals surface area contributed by atoms with Crippen molar-refractivity contribution in [3.8, 4) is 11.3 Å². The molecule has 0 saturated heterocycles. The Balaban J connectivity index is 1.62. The number of imidazole rings is 1. The molecule has 1 fully saturated rings. The van der Waals surface area contributed by atoms with E-state index in [1.807, 2.05) is 10.5 Å². The normalized spacial score (nSPS) is 14.8. The van der Waals surface area contributed by atoms with E-state index in [-0.39, 0.29) is 25.1 Å². The van der Waals surface area contributed by atoms with Crippen molar-refractivity contribution in [2.24, 2.45) is 0 Å². The summed E-state index contributed by atoms with van der Waals surface area (Å²) in [4.78, 5) is 20.9. The molecule has 1 aliphatic carbocycles. The van der Waals surface area contributed by atoms with Gasteiger partial charge in [-0.25, -0.2) is 9.97 Å². The van der Waals surface area contributed by atoms with Gasteiger partial charge in [0.05, 0.1) is 35.2 Å². The Morgan fingerprint density at radius 2 is 2.18 bits per heavy atom. The lowest BCUT2D eigenvalue weighted by atomic mass is 10.1. The number of rotatable bonds is 7. The van der Waals surface area contributed by atoms with Gasteiger partial charge in [-0.05, 0) is 25.0 Å². The van der Waals surface area contributed by atoms with Crippen LogP contribution in [-0.2, 0) is 0 Å². The first-order chi connectivity index (χ1) is 13.6. The van der Waals surface area contributed by atoms with Crippen LogP contribution in [0.2, 0.25) is 5.02 Å². The van der Waals surface area contributed by atoms with E-state index in [4.69, 9.17) is 16.7 Å². The zero-order valence-electron chi connectivity index (χ0n) is 15.0. The van der Waals surface area contributed by atoms with Gasteiger partial charge in [-0.15, -0.1) is 0 Å². The van der Waals surface area contributed by atoms with Crippen molar-refractivity contribution < 1.29 is 15.0 Å². The minimum atomic E-state index is -0.885. The van der Waals surface area contributed by atoms with Gasteiger partial charge in [-0.2, -0.15) is 0 Å². The van der Waals surface area contributed by atoms with Crippen LogP contribution in [0.15, 0.2) is 36.8 Å². The monoisotopic (exact) mass is 401 g/mol. The van der Waals surface area contributed by atoms with Crippen LogP contribution in [0.4, 0.5) is 5.82 Å². The van der Waals surface area contributed by atoms with Gasteiger partial charge in [0.15, 0.2) is 11.5 Å². The van der Waals surface area contributed by atoms with Crippen LogP contribution in [0.1, 0.15) is 23.2 Å². The van der Waals surface area contributed by atoms with Crippen LogP contribution in [0.5, 0.6) is 0 Å². The molecule has 1 atom stereocenters. The molecule has 0 unspecified atom stereocenters. The summed E-state index contributed by atoms with van der Waals surface area (Å²) in [6, 6.07) is 5.56. The number of carbonyl (C=O) groups excluding carboxylic acids is 1. The average Bonchev–Trinajstić information content (AvgIpc) is 3.40. The number of anilines is 1. The van der Waals surface area contributed by atoms with Gasteiger partial charge in [0.2, 0.25) is 0 Å². The summed E-state index contributed by atoms with van der Waals surface area (Å²) in [5, 5.41) is 24.8. The second-order valence-electron chi connectivity index (χ2n) is 6.77. The van der Waals surface area contributed by atoms with Crippen molar-refractivity contribution >= 4 is 29.0 Å². The Labute approximate surface area is 166 Å². The number of benzene rings is 1. The summed E-state index contributed by atoms with van der Waals surface area (Å²) in [6.45, 7) is -0.184. The molecule has 28 heavy (non-hydrogen) atoms. The van der Waals surface area contributed by atoms with Crippen molar-refractivity contribution in [2.45, 2.75) is 25.0 Å². The highest BCUT2D eigenvalue weighted by molar-refractivity contribution is 6.34. The van der Waals surface area contributed by atoms with E-state index >= 15 is 0 Å². The SMILES string of the molecule is O=C(NC1CC1)c1ccc(-c2cnc3c(NC[C@@H](O)CO)nccn23)cc1Cl. The fourth-order valence-corrected chi connectivity index (χ4v) is 3.15. The summed E-state index contributed by atoms with van der Waals surface area (Å²) in [7, 11) is 0. The molecule has 4 N–H and O–H groups in total. The minimum Gasteiger partial charge on any atom is -0.394 e. The van der Waals surface area contributed by atoms with Gasteiger partial charge in [0.25, 0.3) is 5.91 Å². The molecule has 2 heterocycles. The molecule has 2 aromatic heterocycles. The first-order valence-corrected chi connectivity index (χ1v) is 9.40. The molecule has 3 aromatic rings. The van der Waals surface area contributed by atoms with Crippen molar-refractivity contribution in [3.63, 3.8) is 0 Å². The van der Waals surface area contributed by atoms with Crippen LogP contribution in [0.3, 0.4) is 0 Å². The number of hydrogen-bond acceptors (Lipinski definition) is 6. The number of carbonyl (C=O) groups is 1. The summed E-state index contributed by atoms with van der Waals surface area (Å²) in [6.07, 6.45) is 6.23. The van der Waals surface area contributed by atoms with Gasteiger partial charge in [-0.1, -0.05) is 17.7 Å². The quantitative estimate of drug-likeness (QED) is 0.479. The Bertz CT molecular complexity index is 1020. The van der Waals surface area contributed by atoms with Crippen molar-refractivity contribution in [2.75, 3.05) is 18.5 Å². The molecule has 1 aliphatic rings. The summed E-state index contributed by atoms with van der Waals surface area (Å²) in [5.74, 6) is 0.336. The number of halogens is 1. The molecule has 9 heteroatoms. The number of fused-ring (bicyclic) bond motifs is 1. The van der Waals surface area contributed by atoms with Crippen LogP contribution >= 0.6 is 11.6 Å². The minimum absolute atomic E-state index is 0.155. The third-order valence-electron chi connectivity index (χ3n) is 4.57. The van der Waals surface area contributed by atoms with Gasteiger partial charge in [0, 0.05) is 30.5 Å². The number of nitrogens with one attached hydrogen (secondary N) is 2. The molecule has 0 spiro atoms. The van der Waals surface area contributed by atoms with E-state index in [0.717, 1.165) is 24.1 Å². The molecule has 4 rings (SSSR count). The molecule has 1 saturated carbocycles. The number of amides is 1. The van der Waals surface area contributed by atoms with E-state index in [0.29, 0.717) is 22.1 Å². The first-order valence-electron chi connectivity index (χ1n) is 9.02. The van der Waals surface area contributed by atoms with Crippen molar-refractivity contribution in [3.05, 3.63) is 47.4 Å². The van der Waals surface area contributed by atoms with Crippen molar-refractivity contribution in [1.82, 2.24) is 19.7 Å². The molecule has 146 valence electrons. The molecule has 0 radical (unpaired) electrons. The van der Waals surface area contributed by atoms with Crippen LogP contribution in [-0.4, -0.2) is 55.8 Å². The highest BCUT2D eigenvalue weighted by Crippen LogP contribution is 2.28. The Morgan fingerprint density at radius 1 is 1.36 bits per heavy atom. The van der Waals surface area contributed by atoms with Gasteiger partial charge in [-0.3, -0.25) is 9.20 Å². The predicted octanol–water partition coefficient (Wildman–Crippen LogP) is 1.71. The van der Waals surface area contributed by atoms with Gasteiger partial charge in [0.1, 0.15) is 0 Å². The summed E-state index contributed by atoms with van der Waals surface area (Å²) >= 11 is 6.36. The van der Waals surface area contributed by atoms with E-state index < -0.39 is 6.10 Å². The fourth-order valence-electron chi connectivity index (χ4n) is 2.89. The molecule has 8 nitrogen and oxygen atoms in total. The van der Waals surface area contributed by atoms with Crippen LogP contribution in [0, 0.1) is 0 Å². The number of aromatic nitrogens is 3. The molecule has 0 aliphatic heterocycles. The molecule has 0 bridgehead atoms. The average molecular weight is 402 g/mol. The number of aliphatic hydroxyl groups excluding tert-OH is 2. The maximum atomic E-state index is 12.3. The van der Waals surface area contributed by atoms with Crippen LogP contribution in [0.25, 0.3) is 16.9 Å². The number of nitrogens with zero attached hydrogens (tertiary/aromatic N) is 3. The topological polar surface area (TPSA) is 112 Å². The van der Waals surface area contributed by atoms with E-state index in [1.54, 1.807) is 30.7 Å². The smallest absolute Gasteiger partial charge is 0.253 e. The van der Waals surface area contributed by atoms with E-state index in [9.17, 15) is 9.90 Å². The third kappa shape index (κ3) is 3.80. The van der Waals surface area contributed by atoms with Crippen molar-refractivity contribution in [1.29, 1.82) is 0 Å². The maximum absolute atomic E-state index is 12.3. The number of aliphatic hydroxyl groups is 2. The summed E-state index contributed by atoms with van der Waals surface area (Å²) < 4.78 is 1.84. The maximum Gasteiger partial charge on any atom is 0.253 e. The predicted molar refractivity (Wildman–Crippen MR) is 106 cm³/mol. The third-order valence-corrected chi connectivity index (χ3v) is 4.88. The lowest BCUT2D eigenvalue weighted by Crippen LogP contribution is -2.25. The zero-order chi connectivity index (χ0) is 19.7. The highest BCUT2D eigenvalue weighted by atomic mass is 35.5. The van der Waals surface area contributed by atoms with E-state index in [2.05, 4.69) is 20.6 Å². The second-order valence-corrected chi connectivity index (χ2v) is 7.18. The lowest BCUT2D eigenvalue weighted by molar-refractivity contribution is 0.0951. The number of hydrogen-bond donors (Lipinski definition) is 4. The zero-order valence-corrected chi connectivity index (χ0v) is 15.7. The lowest BCUT2D eigenvalue weighted by Gasteiger charge is -2.11. The van der Waals surface area contributed by atoms with Gasteiger partial charge >= 0.3 is 0 Å². The Hall–Kier alpha value is -2.68. The fraction of sp³-hybridized carbons (Fsp3) is 0.316. The molecular formula is C19H20ClN5O3. The first kappa shape index (κ1) is 18.7. The van der Waals surface area contributed by atoms with E-state index in [1.165, 1.54) is 0 Å². The molecular weight excluding hydrogens is 382 g/mol. The Kier molecular flexibility index (Phi) is 5.17. The Morgan fingerprint density at radius 3 is 2.89 bits per heavy atom. The second kappa shape index (κ2) is 7.75. The standard InChI is InChI=1S/C19H20ClN5O3/c20-15-7-11(1-4-14(15)19(28)24-12-2-3-12)16-9-23-18-17(21-5-6-25(16)18)22-8-13(27)10-26/h1,4-7,9,12-13,26-27H,2-3,8,10H2,(H,21,22)(H,24,28)/t13-/m1/s1.